The highest BCUT2D eigenvalue weighted by Gasteiger charge is 2.34. The molecule has 13 heavy (non-hydrogen) atoms. The Morgan fingerprint density at radius 1 is 1.38 bits per heavy atom. The number of hydrogen-bond acceptors (Lipinski definition) is 2. The van der Waals surface area contributed by atoms with Gasteiger partial charge in [0.05, 0.1) is 0 Å². The van der Waals surface area contributed by atoms with E-state index in [1.165, 1.54) is 8.61 Å². The summed E-state index contributed by atoms with van der Waals surface area (Å²) >= 11 is 0. The summed E-state index contributed by atoms with van der Waals surface area (Å²) in [7, 11) is -3.18. The van der Waals surface area contributed by atoms with Crippen LogP contribution in [0, 0.1) is 12.3 Å². The van der Waals surface area contributed by atoms with Crippen molar-refractivity contribution >= 4 is 10.2 Å². The van der Waals surface area contributed by atoms with Crippen LogP contribution < -0.4 is 0 Å². The van der Waals surface area contributed by atoms with Gasteiger partial charge in [-0.1, -0.05) is 6.92 Å². The molecule has 1 rings (SSSR count). The van der Waals surface area contributed by atoms with Crippen molar-refractivity contribution < 1.29 is 8.42 Å². The Balaban J connectivity index is 2.66. The van der Waals surface area contributed by atoms with Gasteiger partial charge in [0.15, 0.2) is 0 Å². The van der Waals surface area contributed by atoms with Gasteiger partial charge in [0.1, 0.15) is 0 Å². The predicted octanol–water partition coefficient (Wildman–Crippen LogP) is -0.108. The third-order valence-corrected chi connectivity index (χ3v) is 4.22. The quantitative estimate of drug-likeness (QED) is 0.599. The zero-order valence-electron chi connectivity index (χ0n) is 7.73. The molecule has 0 aliphatic carbocycles. The number of hydrogen-bond donors (Lipinski definition) is 0. The minimum Gasteiger partial charge on any atom is -0.195 e. The molecule has 0 amide bonds. The van der Waals surface area contributed by atoms with Gasteiger partial charge in [-0.05, 0) is 0 Å². The van der Waals surface area contributed by atoms with E-state index in [1.54, 1.807) is 0 Å². The fraction of sp³-hybridized carbons (Fsp3) is 0.750. The van der Waals surface area contributed by atoms with Gasteiger partial charge < -0.3 is 0 Å². The number of rotatable bonds is 3. The molecule has 0 atom stereocenters. The number of nitrogens with zero attached hydrogens (tertiary/aromatic N) is 2. The molecule has 0 N–H and O–H groups in total. The third-order valence-electron chi connectivity index (χ3n) is 2.11. The smallest absolute Gasteiger partial charge is 0.195 e. The third kappa shape index (κ3) is 2.02. The van der Waals surface area contributed by atoms with Crippen molar-refractivity contribution in [2.45, 2.75) is 13.3 Å². The second-order valence-corrected chi connectivity index (χ2v) is 4.78. The Morgan fingerprint density at radius 3 is 2.46 bits per heavy atom. The van der Waals surface area contributed by atoms with E-state index < -0.39 is 10.2 Å². The normalized spacial score (nSPS) is 23.1. The van der Waals surface area contributed by atoms with Crippen LogP contribution in [0.2, 0.25) is 0 Å². The zero-order chi connectivity index (χ0) is 9.90. The Hall–Kier alpha value is -0.570. The maximum Gasteiger partial charge on any atom is 0.282 e. The second kappa shape index (κ2) is 4.09. The van der Waals surface area contributed by atoms with E-state index in [4.69, 9.17) is 6.42 Å². The van der Waals surface area contributed by atoms with E-state index in [-0.39, 0.29) is 0 Å². The summed E-state index contributed by atoms with van der Waals surface area (Å²) < 4.78 is 26.1. The highest BCUT2D eigenvalue weighted by Crippen LogP contribution is 2.15. The van der Waals surface area contributed by atoms with Crippen molar-refractivity contribution in [3.05, 3.63) is 0 Å². The Kier molecular flexibility index (Phi) is 3.31. The standard InChI is InChI=1S/C8H14N2O2S/c1-3-5-6-10-8-7-9(4-2)13(10,11)12/h1H,4-8H2,2H3. The molecule has 0 aromatic rings. The minimum absolute atomic E-state index is 0.440. The summed E-state index contributed by atoms with van der Waals surface area (Å²) in [6, 6.07) is 0. The molecular formula is C8H14N2O2S. The van der Waals surface area contributed by atoms with Gasteiger partial charge in [-0.3, -0.25) is 0 Å². The highest BCUT2D eigenvalue weighted by molar-refractivity contribution is 7.87. The second-order valence-electron chi connectivity index (χ2n) is 2.85. The van der Waals surface area contributed by atoms with E-state index in [0.29, 0.717) is 32.6 Å². The fourth-order valence-electron chi connectivity index (χ4n) is 1.35. The summed E-state index contributed by atoms with van der Waals surface area (Å²) in [5.41, 5.74) is 0. The first-order valence-corrected chi connectivity index (χ1v) is 5.71. The van der Waals surface area contributed by atoms with E-state index in [0.717, 1.165) is 0 Å². The summed E-state index contributed by atoms with van der Waals surface area (Å²) in [5.74, 6) is 2.44. The van der Waals surface area contributed by atoms with Gasteiger partial charge >= 0.3 is 0 Å². The van der Waals surface area contributed by atoms with Crippen molar-refractivity contribution in [2.24, 2.45) is 0 Å². The monoisotopic (exact) mass is 202 g/mol. The van der Waals surface area contributed by atoms with Crippen molar-refractivity contribution in [3.8, 4) is 12.3 Å². The molecule has 1 aliphatic heterocycles. The van der Waals surface area contributed by atoms with Crippen LogP contribution in [0.4, 0.5) is 0 Å². The van der Waals surface area contributed by atoms with Crippen molar-refractivity contribution in [1.82, 2.24) is 8.61 Å². The molecule has 0 aromatic heterocycles. The van der Waals surface area contributed by atoms with Crippen LogP contribution in [0.1, 0.15) is 13.3 Å². The lowest BCUT2D eigenvalue weighted by atomic mass is 10.4. The molecule has 0 spiro atoms. The average Bonchev–Trinajstić information content (AvgIpc) is 2.37. The van der Waals surface area contributed by atoms with Crippen molar-refractivity contribution in [3.63, 3.8) is 0 Å². The van der Waals surface area contributed by atoms with Crippen LogP contribution >= 0.6 is 0 Å². The Labute approximate surface area is 79.7 Å². The number of likely N-dealkylation sites (N-methyl/N-ethyl adjacent to an activating group) is 1. The minimum atomic E-state index is -3.18. The molecule has 0 radical (unpaired) electrons. The first kappa shape index (κ1) is 10.5. The Morgan fingerprint density at radius 2 is 2.00 bits per heavy atom. The molecular weight excluding hydrogens is 188 g/mol. The molecule has 74 valence electrons. The summed E-state index contributed by atoms with van der Waals surface area (Å²) in [6.45, 7) is 3.97. The highest BCUT2D eigenvalue weighted by atomic mass is 32.2. The topological polar surface area (TPSA) is 40.6 Å². The lowest BCUT2D eigenvalue weighted by Gasteiger charge is -2.15. The average molecular weight is 202 g/mol. The fourth-order valence-corrected chi connectivity index (χ4v) is 2.95. The predicted molar refractivity (Wildman–Crippen MR) is 51.2 cm³/mol. The lowest BCUT2D eigenvalue weighted by Crippen LogP contribution is -2.33. The molecule has 1 heterocycles. The van der Waals surface area contributed by atoms with E-state index >= 15 is 0 Å². The van der Waals surface area contributed by atoms with Crippen LogP contribution in [-0.4, -0.2) is 43.2 Å². The maximum atomic E-state index is 11.6. The van der Waals surface area contributed by atoms with E-state index in [1.807, 2.05) is 6.92 Å². The van der Waals surface area contributed by atoms with Gasteiger partial charge in [-0.15, -0.1) is 12.3 Å². The maximum absolute atomic E-state index is 11.6. The molecule has 1 saturated heterocycles. The summed E-state index contributed by atoms with van der Waals surface area (Å²) in [4.78, 5) is 0. The first-order valence-electron chi connectivity index (χ1n) is 4.31. The molecule has 0 saturated carbocycles. The lowest BCUT2D eigenvalue weighted by molar-refractivity contribution is 0.452. The SMILES string of the molecule is C#CCCN1CCN(CC)S1(=O)=O. The molecule has 1 aliphatic rings. The van der Waals surface area contributed by atoms with Crippen LogP contribution in [0.15, 0.2) is 0 Å². The van der Waals surface area contributed by atoms with Gasteiger partial charge in [0, 0.05) is 32.6 Å². The van der Waals surface area contributed by atoms with Gasteiger partial charge in [-0.25, -0.2) is 0 Å². The first-order chi connectivity index (χ1) is 6.12. The van der Waals surface area contributed by atoms with Crippen LogP contribution in [0.5, 0.6) is 0 Å². The summed E-state index contributed by atoms with van der Waals surface area (Å²) in [5, 5.41) is 0. The van der Waals surface area contributed by atoms with Crippen molar-refractivity contribution in [1.29, 1.82) is 0 Å². The van der Waals surface area contributed by atoms with Crippen LogP contribution in [0.3, 0.4) is 0 Å². The summed E-state index contributed by atoms with van der Waals surface area (Å²) in [6.07, 6.45) is 5.56. The molecule has 0 unspecified atom stereocenters. The van der Waals surface area contributed by atoms with Gasteiger partial charge in [0.25, 0.3) is 10.2 Å². The zero-order valence-corrected chi connectivity index (χ0v) is 8.55. The molecule has 4 nitrogen and oxygen atoms in total. The molecule has 5 heteroatoms. The van der Waals surface area contributed by atoms with E-state index in [2.05, 4.69) is 5.92 Å². The van der Waals surface area contributed by atoms with Crippen LogP contribution in [-0.2, 0) is 10.2 Å². The van der Waals surface area contributed by atoms with E-state index in [9.17, 15) is 8.42 Å². The van der Waals surface area contributed by atoms with Gasteiger partial charge in [0.2, 0.25) is 0 Å². The van der Waals surface area contributed by atoms with Crippen LogP contribution in [0.25, 0.3) is 0 Å². The molecule has 1 fully saturated rings. The largest absolute Gasteiger partial charge is 0.282 e. The number of terminal acetylenes is 1. The van der Waals surface area contributed by atoms with Crippen molar-refractivity contribution in [2.75, 3.05) is 26.2 Å². The molecule has 0 bridgehead atoms. The van der Waals surface area contributed by atoms with Gasteiger partial charge in [-0.2, -0.15) is 17.0 Å². The Bertz CT molecular complexity index is 305. The molecule has 0 aromatic carbocycles.